The molecule has 0 saturated carbocycles. The minimum absolute atomic E-state index is 0.0302. The monoisotopic (exact) mass is 332 g/mol. The number of rotatable bonds is 4. The molecule has 1 saturated heterocycles. The van der Waals surface area contributed by atoms with Crippen molar-refractivity contribution in [3.63, 3.8) is 0 Å². The van der Waals surface area contributed by atoms with E-state index in [0.29, 0.717) is 18.0 Å². The Hall–Kier alpha value is -1.92. The Morgan fingerprint density at radius 2 is 2.17 bits per heavy atom. The molecule has 0 spiro atoms. The lowest BCUT2D eigenvalue weighted by atomic mass is 9.98. The van der Waals surface area contributed by atoms with E-state index in [1.165, 1.54) is 11.3 Å². The Balaban J connectivity index is 2.01. The largest absolute Gasteiger partial charge is 0.477 e. The Kier molecular flexibility index (Phi) is 4.37. The van der Waals surface area contributed by atoms with E-state index in [0.717, 1.165) is 22.2 Å². The summed E-state index contributed by atoms with van der Waals surface area (Å²) in [5, 5.41) is 13.4. The predicted octanol–water partition coefficient (Wildman–Crippen LogP) is 2.56. The van der Waals surface area contributed by atoms with Crippen LogP contribution in [0.15, 0.2) is 24.3 Å². The molecule has 0 aliphatic carbocycles. The van der Waals surface area contributed by atoms with Gasteiger partial charge in [-0.2, -0.15) is 0 Å². The molecule has 0 bridgehead atoms. The highest BCUT2D eigenvalue weighted by molar-refractivity contribution is 7.21. The van der Waals surface area contributed by atoms with Crippen molar-refractivity contribution < 1.29 is 14.7 Å². The van der Waals surface area contributed by atoms with E-state index in [-0.39, 0.29) is 17.9 Å². The van der Waals surface area contributed by atoms with Crippen LogP contribution < -0.4 is 5.32 Å². The first-order valence-electron chi connectivity index (χ1n) is 7.74. The van der Waals surface area contributed by atoms with Crippen molar-refractivity contribution in [3.8, 4) is 0 Å². The molecule has 1 aliphatic heterocycles. The van der Waals surface area contributed by atoms with Crippen molar-refractivity contribution in [1.82, 2.24) is 10.2 Å². The number of hydrogen-bond donors (Lipinski definition) is 2. The molecule has 5 nitrogen and oxygen atoms in total. The number of carbonyl (C=O) groups excluding carboxylic acids is 1. The molecule has 122 valence electrons. The molecule has 0 radical (unpaired) electrons. The van der Waals surface area contributed by atoms with Gasteiger partial charge in [0.25, 0.3) is 0 Å². The van der Waals surface area contributed by atoms with Gasteiger partial charge in [-0.05, 0) is 22.9 Å². The average Bonchev–Trinajstić information content (AvgIpc) is 2.86. The molecule has 2 aromatic rings. The van der Waals surface area contributed by atoms with Crippen LogP contribution in [0.25, 0.3) is 10.1 Å². The Bertz CT molecular complexity index is 753. The SMILES string of the molecule is CC(C)C1C(=O)NCCN1Cc1c(C(=O)O)sc2ccccc12. The summed E-state index contributed by atoms with van der Waals surface area (Å²) in [5.41, 5.74) is 0.818. The van der Waals surface area contributed by atoms with Crippen LogP contribution in [0.4, 0.5) is 0 Å². The molecule has 1 aromatic heterocycles. The third-order valence-corrected chi connectivity index (χ3v) is 5.45. The highest BCUT2D eigenvalue weighted by Crippen LogP contribution is 2.33. The van der Waals surface area contributed by atoms with E-state index in [4.69, 9.17) is 0 Å². The van der Waals surface area contributed by atoms with Gasteiger partial charge in [0.2, 0.25) is 5.91 Å². The van der Waals surface area contributed by atoms with Gasteiger partial charge in [0.1, 0.15) is 4.88 Å². The predicted molar refractivity (Wildman–Crippen MR) is 90.8 cm³/mol. The number of aromatic carboxylic acids is 1. The van der Waals surface area contributed by atoms with Crippen molar-refractivity contribution in [1.29, 1.82) is 0 Å². The molecule has 1 amide bonds. The number of thiophene rings is 1. The molecule has 2 heterocycles. The summed E-state index contributed by atoms with van der Waals surface area (Å²) in [4.78, 5) is 26.3. The second kappa shape index (κ2) is 6.29. The molecular formula is C17H20N2O3S. The normalized spacial score (nSPS) is 19.3. The maximum Gasteiger partial charge on any atom is 0.346 e. The molecule has 1 aliphatic rings. The molecule has 1 fully saturated rings. The fraction of sp³-hybridized carbons (Fsp3) is 0.412. The fourth-order valence-corrected chi connectivity index (χ4v) is 4.32. The third kappa shape index (κ3) is 2.96. The first-order chi connectivity index (χ1) is 11.0. The molecular weight excluding hydrogens is 312 g/mol. The van der Waals surface area contributed by atoms with E-state index >= 15 is 0 Å². The van der Waals surface area contributed by atoms with Gasteiger partial charge in [-0.25, -0.2) is 4.79 Å². The van der Waals surface area contributed by atoms with E-state index in [1.807, 2.05) is 38.1 Å². The van der Waals surface area contributed by atoms with Crippen LogP contribution in [0.5, 0.6) is 0 Å². The van der Waals surface area contributed by atoms with Crippen molar-refractivity contribution in [2.24, 2.45) is 5.92 Å². The van der Waals surface area contributed by atoms with E-state index < -0.39 is 5.97 Å². The van der Waals surface area contributed by atoms with Crippen molar-refractivity contribution in [2.45, 2.75) is 26.4 Å². The highest BCUT2D eigenvalue weighted by atomic mass is 32.1. The topological polar surface area (TPSA) is 69.6 Å². The standard InChI is InChI=1S/C17H20N2O3S/c1-10(2)14-16(20)18-7-8-19(14)9-12-11-5-3-4-6-13(11)23-15(12)17(21)22/h3-6,10,14H,7-9H2,1-2H3,(H,18,20)(H,21,22). The zero-order valence-electron chi connectivity index (χ0n) is 13.2. The van der Waals surface area contributed by atoms with Gasteiger partial charge < -0.3 is 10.4 Å². The molecule has 1 unspecified atom stereocenters. The number of piperazine rings is 1. The number of carboxylic acid groups (broad SMARTS) is 1. The van der Waals surface area contributed by atoms with E-state index in [9.17, 15) is 14.7 Å². The number of hydrogen-bond acceptors (Lipinski definition) is 4. The smallest absolute Gasteiger partial charge is 0.346 e. The summed E-state index contributed by atoms with van der Waals surface area (Å²) in [7, 11) is 0. The van der Waals surface area contributed by atoms with Gasteiger partial charge in [-0.3, -0.25) is 9.69 Å². The summed E-state index contributed by atoms with van der Waals surface area (Å²) >= 11 is 1.30. The number of nitrogens with one attached hydrogen (secondary N) is 1. The van der Waals surface area contributed by atoms with Crippen LogP contribution in [0, 0.1) is 5.92 Å². The maximum absolute atomic E-state index is 12.2. The number of nitrogens with zero attached hydrogens (tertiary/aromatic N) is 1. The average molecular weight is 332 g/mol. The molecule has 3 rings (SSSR count). The van der Waals surface area contributed by atoms with Gasteiger partial charge in [0, 0.05) is 24.3 Å². The van der Waals surface area contributed by atoms with Crippen LogP contribution in [0.2, 0.25) is 0 Å². The second-order valence-corrected chi connectivity index (χ2v) is 7.21. The van der Waals surface area contributed by atoms with Crippen molar-refractivity contribution >= 4 is 33.3 Å². The van der Waals surface area contributed by atoms with Crippen LogP contribution in [-0.4, -0.2) is 41.0 Å². The number of amides is 1. The zero-order chi connectivity index (χ0) is 16.6. The van der Waals surface area contributed by atoms with Gasteiger partial charge >= 0.3 is 5.97 Å². The summed E-state index contributed by atoms with van der Waals surface area (Å²) in [6, 6.07) is 7.52. The number of benzene rings is 1. The van der Waals surface area contributed by atoms with Gasteiger partial charge in [-0.15, -0.1) is 11.3 Å². The Morgan fingerprint density at radius 3 is 2.87 bits per heavy atom. The van der Waals surface area contributed by atoms with E-state index in [1.54, 1.807) is 0 Å². The highest BCUT2D eigenvalue weighted by Gasteiger charge is 2.33. The Labute approximate surface area is 138 Å². The van der Waals surface area contributed by atoms with Crippen LogP contribution in [0.1, 0.15) is 29.1 Å². The van der Waals surface area contributed by atoms with Crippen molar-refractivity contribution in [2.75, 3.05) is 13.1 Å². The maximum atomic E-state index is 12.2. The first kappa shape index (κ1) is 16.0. The zero-order valence-corrected chi connectivity index (χ0v) is 14.0. The summed E-state index contributed by atoms with van der Waals surface area (Å²) < 4.78 is 0.974. The lowest BCUT2D eigenvalue weighted by molar-refractivity contribution is -0.131. The van der Waals surface area contributed by atoms with Crippen molar-refractivity contribution in [3.05, 3.63) is 34.7 Å². The van der Waals surface area contributed by atoms with Crippen LogP contribution in [0.3, 0.4) is 0 Å². The Morgan fingerprint density at radius 1 is 1.43 bits per heavy atom. The van der Waals surface area contributed by atoms with E-state index in [2.05, 4.69) is 10.2 Å². The number of carbonyl (C=O) groups is 2. The molecule has 23 heavy (non-hydrogen) atoms. The summed E-state index contributed by atoms with van der Waals surface area (Å²) in [5.74, 6) is -0.695. The lowest BCUT2D eigenvalue weighted by Gasteiger charge is -2.37. The number of fused-ring (bicyclic) bond motifs is 1. The second-order valence-electron chi connectivity index (χ2n) is 6.16. The molecule has 1 atom stereocenters. The van der Waals surface area contributed by atoms with Crippen LogP contribution in [-0.2, 0) is 11.3 Å². The van der Waals surface area contributed by atoms with Crippen LogP contribution >= 0.6 is 11.3 Å². The lowest BCUT2D eigenvalue weighted by Crippen LogP contribution is -2.56. The van der Waals surface area contributed by atoms with Gasteiger partial charge in [-0.1, -0.05) is 32.0 Å². The fourth-order valence-electron chi connectivity index (χ4n) is 3.27. The first-order valence-corrected chi connectivity index (χ1v) is 8.56. The molecule has 6 heteroatoms. The summed E-state index contributed by atoms with van der Waals surface area (Å²) in [6.45, 7) is 5.87. The minimum atomic E-state index is -0.899. The van der Waals surface area contributed by atoms with Gasteiger partial charge in [0.15, 0.2) is 0 Å². The molecule has 2 N–H and O–H groups in total. The summed E-state index contributed by atoms with van der Waals surface area (Å²) in [6.07, 6.45) is 0. The number of carboxylic acids is 1. The minimum Gasteiger partial charge on any atom is -0.477 e. The quantitative estimate of drug-likeness (QED) is 0.903. The third-order valence-electron chi connectivity index (χ3n) is 4.25. The molecule has 1 aromatic carbocycles. The van der Waals surface area contributed by atoms with Gasteiger partial charge in [0.05, 0.1) is 6.04 Å².